The zero-order valence-electron chi connectivity index (χ0n) is 14.1. The fourth-order valence-corrected chi connectivity index (χ4v) is 2.76. The van der Waals surface area contributed by atoms with E-state index in [4.69, 9.17) is 21.1 Å². The van der Waals surface area contributed by atoms with Crippen LogP contribution in [0.25, 0.3) is 0 Å². The Bertz CT molecular complexity index is 769. The van der Waals surface area contributed by atoms with Crippen molar-refractivity contribution in [1.29, 1.82) is 0 Å². The summed E-state index contributed by atoms with van der Waals surface area (Å²) in [5.74, 6) is 0.363. The van der Waals surface area contributed by atoms with Gasteiger partial charge >= 0.3 is 0 Å². The Morgan fingerprint density at radius 3 is 2.92 bits per heavy atom. The molecule has 1 N–H and O–H groups in total. The van der Waals surface area contributed by atoms with Gasteiger partial charge in [-0.3, -0.25) is 4.79 Å². The zero-order valence-corrected chi connectivity index (χ0v) is 14.8. The standard InChI is InChI=1S/C18H19ClFN3O3/c19-15-10-14(3-4-16(15)20)26-12-17(24)22-11-13-2-1-5-21-18(13)23-6-8-25-9-7-23/h1-5,10H,6-9,11-12H2,(H,22,24). The minimum absolute atomic E-state index is 0.0478. The molecule has 0 bridgehead atoms. The first-order valence-electron chi connectivity index (χ1n) is 8.24. The van der Waals surface area contributed by atoms with E-state index in [1.165, 1.54) is 18.2 Å². The van der Waals surface area contributed by atoms with Crippen molar-refractivity contribution in [2.45, 2.75) is 6.54 Å². The number of rotatable bonds is 6. The summed E-state index contributed by atoms with van der Waals surface area (Å²) in [5.41, 5.74) is 0.924. The quantitative estimate of drug-likeness (QED) is 0.835. The minimum atomic E-state index is -0.532. The topological polar surface area (TPSA) is 63.7 Å². The molecule has 1 amide bonds. The number of pyridine rings is 1. The predicted octanol–water partition coefficient (Wildman–Crippen LogP) is 2.41. The Hall–Kier alpha value is -2.38. The number of halogens is 2. The summed E-state index contributed by atoms with van der Waals surface area (Å²) < 4.78 is 23.8. The molecule has 1 aliphatic heterocycles. The third kappa shape index (κ3) is 4.83. The van der Waals surface area contributed by atoms with Crippen LogP contribution < -0.4 is 15.0 Å². The molecule has 26 heavy (non-hydrogen) atoms. The van der Waals surface area contributed by atoms with Crippen LogP contribution in [0.15, 0.2) is 36.5 Å². The Morgan fingerprint density at radius 1 is 1.35 bits per heavy atom. The largest absolute Gasteiger partial charge is 0.484 e. The van der Waals surface area contributed by atoms with Gasteiger partial charge in [0.15, 0.2) is 6.61 Å². The third-order valence-electron chi connectivity index (χ3n) is 3.92. The molecular weight excluding hydrogens is 361 g/mol. The van der Waals surface area contributed by atoms with Gasteiger partial charge in [0.1, 0.15) is 17.4 Å². The predicted molar refractivity (Wildman–Crippen MR) is 96.0 cm³/mol. The molecule has 2 aromatic rings. The summed E-state index contributed by atoms with van der Waals surface area (Å²) in [6.45, 7) is 3.02. The number of nitrogens with one attached hydrogen (secondary N) is 1. The number of benzene rings is 1. The molecule has 0 unspecified atom stereocenters. The molecule has 6 nitrogen and oxygen atoms in total. The van der Waals surface area contributed by atoms with Crippen molar-refractivity contribution < 1.29 is 18.7 Å². The van der Waals surface area contributed by atoms with Gasteiger partial charge in [-0.25, -0.2) is 9.37 Å². The first kappa shape index (κ1) is 18.4. The van der Waals surface area contributed by atoms with Gasteiger partial charge in [0.2, 0.25) is 0 Å². The highest BCUT2D eigenvalue weighted by Gasteiger charge is 2.16. The van der Waals surface area contributed by atoms with E-state index in [1.54, 1.807) is 6.20 Å². The molecule has 1 aliphatic rings. The van der Waals surface area contributed by atoms with E-state index in [0.29, 0.717) is 25.5 Å². The van der Waals surface area contributed by atoms with Gasteiger partial charge in [0, 0.05) is 37.5 Å². The number of amides is 1. The van der Waals surface area contributed by atoms with Crippen LogP contribution in [-0.2, 0) is 16.1 Å². The first-order valence-corrected chi connectivity index (χ1v) is 8.62. The highest BCUT2D eigenvalue weighted by Crippen LogP contribution is 2.21. The molecular formula is C18H19ClFN3O3. The lowest BCUT2D eigenvalue weighted by atomic mass is 10.2. The summed E-state index contributed by atoms with van der Waals surface area (Å²) in [4.78, 5) is 18.6. The Labute approximate surface area is 155 Å². The minimum Gasteiger partial charge on any atom is -0.484 e. The number of aromatic nitrogens is 1. The van der Waals surface area contributed by atoms with E-state index in [1.807, 2.05) is 12.1 Å². The van der Waals surface area contributed by atoms with E-state index in [-0.39, 0.29) is 17.5 Å². The van der Waals surface area contributed by atoms with E-state index < -0.39 is 5.82 Å². The van der Waals surface area contributed by atoms with Crippen molar-refractivity contribution in [3.63, 3.8) is 0 Å². The van der Waals surface area contributed by atoms with Crippen LogP contribution in [0.5, 0.6) is 5.75 Å². The second kappa shape index (κ2) is 8.82. The number of hydrogen-bond acceptors (Lipinski definition) is 5. The highest BCUT2D eigenvalue weighted by molar-refractivity contribution is 6.30. The number of hydrogen-bond donors (Lipinski definition) is 1. The summed E-state index contributed by atoms with van der Waals surface area (Å²) in [6, 6.07) is 7.72. The first-order chi connectivity index (χ1) is 12.6. The molecule has 0 saturated carbocycles. The van der Waals surface area contributed by atoms with Crippen molar-refractivity contribution in [3.8, 4) is 5.75 Å². The molecule has 3 rings (SSSR count). The monoisotopic (exact) mass is 379 g/mol. The second-order valence-corrected chi connectivity index (χ2v) is 6.13. The molecule has 138 valence electrons. The molecule has 8 heteroatoms. The van der Waals surface area contributed by atoms with E-state index in [2.05, 4.69) is 15.2 Å². The summed E-state index contributed by atoms with van der Waals surface area (Å²) in [5, 5.41) is 2.76. The molecule has 1 aromatic carbocycles. The molecule has 1 fully saturated rings. The van der Waals surface area contributed by atoms with Crippen molar-refractivity contribution in [3.05, 3.63) is 52.9 Å². The fourth-order valence-electron chi connectivity index (χ4n) is 2.59. The maximum absolute atomic E-state index is 13.1. The van der Waals surface area contributed by atoms with Crippen molar-refractivity contribution >= 4 is 23.3 Å². The maximum atomic E-state index is 13.1. The summed E-state index contributed by atoms with van der Waals surface area (Å²) in [7, 11) is 0. The van der Waals surface area contributed by atoms with Crippen LogP contribution in [0.2, 0.25) is 5.02 Å². The molecule has 1 aromatic heterocycles. The van der Waals surface area contributed by atoms with Crippen LogP contribution in [0, 0.1) is 5.82 Å². The van der Waals surface area contributed by atoms with Gasteiger partial charge in [-0.15, -0.1) is 0 Å². The van der Waals surface area contributed by atoms with E-state index in [0.717, 1.165) is 24.5 Å². The number of ether oxygens (including phenoxy) is 2. The average Bonchev–Trinajstić information content (AvgIpc) is 2.68. The van der Waals surface area contributed by atoms with Gasteiger partial charge in [0.25, 0.3) is 5.91 Å². The van der Waals surface area contributed by atoms with Crippen molar-refractivity contribution in [1.82, 2.24) is 10.3 Å². The van der Waals surface area contributed by atoms with Crippen LogP contribution in [-0.4, -0.2) is 43.8 Å². The average molecular weight is 380 g/mol. The van der Waals surface area contributed by atoms with Crippen LogP contribution in [0.4, 0.5) is 10.2 Å². The Balaban J connectivity index is 1.53. The Kier molecular flexibility index (Phi) is 6.25. The highest BCUT2D eigenvalue weighted by atomic mass is 35.5. The summed E-state index contributed by atoms with van der Waals surface area (Å²) >= 11 is 5.69. The summed E-state index contributed by atoms with van der Waals surface area (Å²) in [6.07, 6.45) is 1.73. The lowest BCUT2D eigenvalue weighted by molar-refractivity contribution is -0.123. The fraction of sp³-hybridized carbons (Fsp3) is 0.333. The van der Waals surface area contributed by atoms with Crippen LogP contribution in [0.3, 0.4) is 0 Å². The molecule has 0 atom stereocenters. The molecule has 0 spiro atoms. The SMILES string of the molecule is O=C(COc1ccc(F)c(Cl)c1)NCc1cccnc1N1CCOCC1. The number of anilines is 1. The normalized spacial score (nSPS) is 14.2. The lowest BCUT2D eigenvalue weighted by Crippen LogP contribution is -2.38. The maximum Gasteiger partial charge on any atom is 0.258 e. The third-order valence-corrected chi connectivity index (χ3v) is 4.20. The number of morpholine rings is 1. The van der Waals surface area contributed by atoms with Gasteiger partial charge < -0.3 is 19.7 Å². The van der Waals surface area contributed by atoms with Crippen molar-refractivity contribution in [2.75, 3.05) is 37.8 Å². The van der Waals surface area contributed by atoms with E-state index >= 15 is 0 Å². The lowest BCUT2D eigenvalue weighted by Gasteiger charge is -2.29. The van der Waals surface area contributed by atoms with Gasteiger partial charge in [0.05, 0.1) is 18.2 Å². The van der Waals surface area contributed by atoms with Gasteiger partial charge in [-0.2, -0.15) is 0 Å². The molecule has 0 aliphatic carbocycles. The van der Waals surface area contributed by atoms with E-state index in [9.17, 15) is 9.18 Å². The Morgan fingerprint density at radius 2 is 2.15 bits per heavy atom. The van der Waals surface area contributed by atoms with Crippen LogP contribution >= 0.6 is 11.6 Å². The smallest absolute Gasteiger partial charge is 0.258 e. The molecule has 1 saturated heterocycles. The zero-order chi connectivity index (χ0) is 18.4. The van der Waals surface area contributed by atoms with Gasteiger partial charge in [-0.1, -0.05) is 17.7 Å². The van der Waals surface area contributed by atoms with Gasteiger partial charge in [-0.05, 0) is 18.2 Å². The second-order valence-electron chi connectivity index (χ2n) is 5.73. The van der Waals surface area contributed by atoms with Crippen LogP contribution in [0.1, 0.15) is 5.56 Å². The number of nitrogens with zero attached hydrogens (tertiary/aromatic N) is 2. The number of carbonyl (C=O) groups is 1. The van der Waals surface area contributed by atoms with Crippen molar-refractivity contribution in [2.24, 2.45) is 0 Å². The molecule has 2 heterocycles. The number of carbonyl (C=O) groups excluding carboxylic acids is 1. The molecule has 0 radical (unpaired) electrons.